The molecule has 3 aromatic rings. The second-order valence-electron chi connectivity index (χ2n) is 5.00. The summed E-state index contributed by atoms with van der Waals surface area (Å²) < 4.78 is 2.05. The zero-order valence-electron chi connectivity index (χ0n) is 11.6. The van der Waals surface area contributed by atoms with Gasteiger partial charge in [-0.3, -0.25) is 4.40 Å². The third kappa shape index (κ3) is 2.64. The summed E-state index contributed by atoms with van der Waals surface area (Å²) in [7, 11) is 0. The Hall–Kier alpha value is -1.55. The van der Waals surface area contributed by atoms with Crippen LogP contribution in [0.1, 0.15) is 11.3 Å². The summed E-state index contributed by atoms with van der Waals surface area (Å²) >= 11 is 12.4. The molecule has 0 amide bonds. The van der Waals surface area contributed by atoms with Crippen molar-refractivity contribution in [1.29, 1.82) is 0 Å². The summed E-state index contributed by atoms with van der Waals surface area (Å²) in [4.78, 5) is 4.69. The lowest BCUT2D eigenvalue weighted by Gasteiger charge is -2.08. The molecule has 2 aromatic heterocycles. The predicted molar refractivity (Wildman–Crippen MR) is 88.1 cm³/mol. The third-order valence-corrected chi connectivity index (χ3v) is 3.97. The van der Waals surface area contributed by atoms with Crippen LogP contribution in [0, 0.1) is 6.92 Å². The lowest BCUT2D eigenvalue weighted by Crippen LogP contribution is -2.04. The molecule has 0 aliphatic rings. The molecule has 0 spiro atoms. The Balaban J connectivity index is 2.30. The average molecular weight is 320 g/mol. The topological polar surface area (TPSA) is 43.3 Å². The molecule has 3 rings (SSSR count). The molecule has 0 radical (unpaired) electrons. The molecular formula is C16H15Cl2N3. The monoisotopic (exact) mass is 319 g/mol. The van der Waals surface area contributed by atoms with Gasteiger partial charge in [0.25, 0.3) is 0 Å². The lowest BCUT2D eigenvalue weighted by atomic mass is 10.1. The molecule has 2 heterocycles. The van der Waals surface area contributed by atoms with Crippen molar-refractivity contribution < 1.29 is 0 Å². The van der Waals surface area contributed by atoms with Gasteiger partial charge in [-0.05, 0) is 49.4 Å². The van der Waals surface area contributed by atoms with Crippen LogP contribution in [0.3, 0.4) is 0 Å². The number of aromatic nitrogens is 2. The minimum absolute atomic E-state index is 0.543. The largest absolute Gasteiger partial charge is 0.330 e. The molecule has 0 fully saturated rings. The Morgan fingerprint density at radius 2 is 2.00 bits per heavy atom. The number of hydrogen-bond acceptors (Lipinski definition) is 2. The van der Waals surface area contributed by atoms with Crippen LogP contribution in [-0.4, -0.2) is 15.9 Å². The van der Waals surface area contributed by atoms with Crippen LogP contribution in [-0.2, 0) is 6.42 Å². The van der Waals surface area contributed by atoms with E-state index in [0.717, 1.165) is 22.6 Å². The molecule has 1 aromatic carbocycles. The fourth-order valence-corrected chi connectivity index (χ4v) is 2.97. The van der Waals surface area contributed by atoms with Crippen molar-refractivity contribution in [3.8, 4) is 11.3 Å². The van der Waals surface area contributed by atoms with Crippen LogP contribution in [0.4, 0.5) is 0 Å². The van der Waals surface area contributed by atoms with Gasteiger partial charge in [0.1, 0.15) is 5.65 Å². The molecule has 0 aliphatic carbocycles. The number of nitrogens with two attached hydrogens (primary N) is 1. The molecule has 0 bridgehead atoms. The van der Waals surface area contributed by atoms with Gasteiger partial charge in [0.2, 0.25) is 0 Å². The zero-order valence-corrected chi connectivity index (χ0v) is 13.1. The Morgan fingerprint density at radius 3 is 2.71 bits per heavy atom. The lowest BCUT2D eigenvalue weighted by molar-refractivity contribution is 0.939. The van der Waals surface area contributed by atoms with E-state index >= 15 is 0 Å². The molecule has 21 heavy (non-hydrogen) atoms. The van der Waals surface area contributed by atoms with Crippen molar-refractivity contribution in [3.05, 3.63) is 57.8 Å². The Morgan fingerprint density at radius 1 is 1.19 bits per heavy atom. The van der Waals surface area contributed by atoms with Crippen molar-refractivity contribution >= 4 is 28.8 Å². The number of imidazole rings is 1. The van der Waals surface area contributed by atoms with E-state index in [2.05, 4.69) is 0 Å². The third-order valence-electron chi connectivity index (χ3n) is 3.42. The molecule has 0 atom stereocenters. The summed E-state index contributed by atoms with van der Waals surface area (Å²) in [6.45, 7) is 2.59. The van der Waals surface area contributed by atoms with Crippen LogP contribution in [0.15, 0.2) is 36.5 Å². The van der Waals surface area contributed by atoms with Gasteiger partial charge in [-0.2, -0.15) is 0 Å². The minimum Gasteiger partial charge on any atom is -0.330 e. The quantitative estimate of drug-likeness (QED) is 0.789. The van der Waals surface area contributed by atoms with Crippen molar-refractivity contribution in [2.45, 2.75) is 13.3 Å². The number of halogens is 2. The number of hydrogen-bond donors (Lipinski definition) is 1. The van der Waals surface area contributed by atoms with Crippen LogP contribution >= 0.6 is 23.2 Å². The minimum atomic E-state index is 0.543. The fourth-order valence-electron chi connectivity index (χ4n) is 2.47. The molecule has 0 saturated heterocycles. The Bertz CT molecular complexity index is 809. The van der Waals surface area contributed by atoms with Crippen molar-refractivity contribution in [2.24, 2.45) is 5.73 Å². The molecule has 108 valence electrons. The molecule has 2 N–H and O–H groups in total. The summed E-state index contributed by atoms with van der Waals surface area (Å²) in [5.74, 6) is 0. The van der Waals surface area contributed by atoms with Gasteiger partial charge in [-0.15, -0.1) is 0 Å². The normalized spacial score (nSPS) is 11.2. The van der Waals surface area contributed by atoms with E-state index in [-0.39, 0.29) is 0 Å². The van der Waals surface area contributed by atoms with E-state index in [1.165, 1.54) is 5.56 Å². The maximum absolute atomic E-state index is 6.37. The van der Waals surface area contributed by atoms with Crippen LogP contribution in [0.2, 0.25) is 10.0 Å². The zero-order chi connectivity index (χ0) is 15.0. The van der Waals surface area contributed by atoms with E-state index in [9.17, 15) is 0 Å². The maximum atomic E-state index is 6.37. The number of aryl methyl sites for hydroxylation is 1. The molecule has 0 unspecified atom stereocenters. The van der Waals surface area contributed by atoms with E-state index in [0.29, 0.717) is 23.0 Å². The SMILES string of the molecule is Cc1ccn2c(-c3ccc(Cl)cc3Cl)c(CCN)nc2c1. The highest BCUT2D eigenvalue weighted by atomic mass is 35.5. The van der Waals surface area contributed by atoms with Crippen molar-refractivity contribution in [2.75, 3.05) is 6.54 Å². The van der Waals surface area contributed by atoms with Gasteiger partial charge in [0.15, 0.2) is 0 Å². The molecule has 0 saturated carbocycles. The van der Waals surface area contributed by atoms with Crippen molar-refractivity contribution in [1.82, 2.24) is 9.38 Å². The Kier molecular flexibility index (Phi) is 3.89. The average Bonchev–Trinajstić information content (AvgIpc) is 2.76. The molecule has 0 aliphatic heterocycles. The first-order valence-electron chi connectivity index (χ1n) is 6.73. The summed E-state index contributed by atoms with van der Waals surface area (Å²) in [5.41, 5.74) is 10.6. The van der Waals surface area contributed by atoms with Gasteiger partial charge in [-0.1, -0.05) is 23.2 Å². The van der Waals surface area contributed by atoms with E-state index in [4.69, 9.17) is 33.9 Å². The summed E-state index contributed by atoms with van der Waals surface area (Å²) in [5, 5.41) is 1.23. The second-order valence-corrected chi connectivity index (χ2v) is 5.85. The van der Waals surface area contributed by atoms with Crippen LogP contribution in [0.25, 0.3) is 16.9 Å². The smallest absolute Gasteiger partial charge is 0.137 e. The van der Waals surface area contributed by atoms with E-state index < -0.39 is 0 Å². The van der Waals surface area contributed by atoms with Crippen molar-refractivity contribution in [3.63, 3.8) is 0 Å². The number of rotatable bonds is 3. The first-order valence-corrected chi connectivity index (χ1v) is 7.49. The van der Waals surface area contributed by atoms with Gasteiger partial charge in [0, 0.05) is 23.2 Å². The van der Waals surface area contributed by atoms with E-state index in [1.54, 1.807) is 6.07 Å². The first kappa shape index (κ1) is 14.4. The fraction of sp³-hybridized carbons (Fsp3) is 0.188. The molecule has 3 nitrogen and oxygen atoms in total. The van der Waals surface area contributed by atoms with E-state index in [1.807, 2.05) is 41.8 Å². The maximum Gasteiger partial charge on any atom is 0.137 e. The summed E-state index contributed by atoms with van der Waals surface area (Å²) in [6, 6.07) is 9.61. The standard InChI is InChI=1S/C16H15Cl2N3/c1-10-5-7-21-15(8-10)20-14(4-6-19)16(21)12-3-2-11(17)9-13(12)18/h2-3,5,7-9H,4,6,19H2,1H3. The second kappa shape index (κ2) is 5.68. The number of benzene rings is 1. The van der Waals surface area contributed by atoms with Gasteiger partial charge in [0.05, 0.1) is 16.4 Å². The number of pyridine rings is 1. The number of nitrogens with zero attached hydrogens (tertiary/aromatic N) is 2. The van der Waals surface area contributed by atoms with Gasteiger partial charge < -0.3 is 5.73 Å². The Labute approximate surface area is 133 Å². The first-order chi connectivity index (χ1) is 10.1. The molecular weight excluding hydrogens is 305 g/mol. The van der Waals surface area contributed by atoms with Crippen LogP contribution in [0.5, 0.6) is 0 Å². The highest BCUT2D eigenvalue weighted by Crippen LogP contribution is 2.33. The molecule has 5 heteroatoms. The van der Waals surface area contributed by atoms with Crippen LogP contribution < -0.4 is 5.73 Å². The number of fused-ring (bicyclic) bond motifs is 1. The highest BCUT2D eigenvalue weighted by Gasteiger charge is 2.16. The van der Waals surface area contributed by atoms with Gasteiger partial charge >= 0.3 is 0 Å². The van der Waals surface area contributed by atoms with Gasteiger partial charge in [-0.25, -0.2) is 4.98 Å². The highest BCUT2D eigenvalue weighted by molar-refractivity contribution is 6.36. The predicted octanol–water partition coefficient (Wildman–Crippen LogP) is 4.12. The summed E-state index contributed by atoms with van der Waals surface area (Å²) in [6.07, 6.45) is 2.72.